The van der Waals surface area contributed by atoms with Crippen LogP contribution >= 0.6 is 11.6 Å². The molecule has 1 aromatic carbocycles. The largest absolute Gasteiger partial charge is 0.379 e. The predicted molar refractivity (Wildman–Crippen MR) is 123 cm³/mol. The highest BCUT2D eigenvalue weighted by molar-refractivity contribution is 6.30. The van der Waals surface area contributed by atoms with E-state index in [1.54, 1.807) is 0 Å². The Hall–Kier alpha value is -1.99. The fourth-order valence-corrected chi connectivity index (χ4v) is 3.38. The molecule has 2 N–H and O–H groups in total. The molecule has 1 heterocycles. The monoisotopic (exact) mass is 448 g/mol. The summed E-state index contributed by atoms with van der Waals surface area (Å²) in [7, 11) is 0. The molecule has 1 amide bonds. The van der Waals surface area contributed by atoms with E-state index in [4.69, 9.17) is 21.1 Å². The van der Waals surface area contributed by atoms with Gasteiger partial charge in [0.25, 0.3) is 0 Å². The van der Waals surface area contributed by atoms with Crippen LogP contribution in [-0.2, 0) is 26.3 Å². The van der Waals surface area contributed by atoms with Crippen LogP contribution < -0.4 is 5.32 Å². The normalized spacial score (nSPS) is 13.8. The number of nitrogens with one attached hydrogen (secondary N) is 1. The Kier molecular flexibility index (Phi) is 8.60. The number of carbonyl (C=O) groups excluding carboxylic acids is 1. The van der Waals surface area contributed by atoms with Gasteiger partial charge in [0.05, 0.1) is 11.9 Å². The minimum absolute atomic E-state index is 0.107. The quantitative estimate of drug-likeness (QED) is 0.423. The number of amides is 1. The van der Waals surface area contributed by atoms with Crippen molar-refractivity contribution >= 4 is 23.2 Å². The molecule has 0 spiro atoms. The van der Waals surface area contributed by atoms with Gasteiger partial charge in [-0.05, 0) is 37.5 Å². The number of hydrogen-bond acceptors (Lipinski definition) is 5. The maximum Gasteiger partial charge on any atom is 0.229 e. The third-order valence-corrected chi connectivity index (χ3v) is 5.45. The van der Waals surface area contributed by atoms with Crippen LogP contribution in [0.1, 0.15) is 51.3 Å². The molecule has 7 heteroatoms. The topological polar surface area (TPSA) is 80.7 Å². The molecule has 6 nitrogen and oxygen atoms in total. The Morgan fingerprint density at radius 2 is 1.74 bits per heavy atom. The molecular weight excluding hydrogens is 416 g/mol. The summed E-state index contributed by atoms with van der Waals surface area (Å²) < 4.78 is 11.6. The summed E-state index contributed by atoms with van der Waals surface area (Å²) in [5.41, 5.74) is 0.372. The van der Waals surface area contributed by atoms with Crippen LogP contribution in [0.4, 0.5) is 5.69 Å². The van der Waals surface area contributed by atoms with E-state index in [1.165, 1.54) is 6.20 Å². The number of halogens is 1. The average Bonchev–Trinajstić information content (AvgIpc) is 2.73. The molecule has 1 aromatic heterocycles. The van der Waals surface area contributed by atoms with E-state index in [0.29, 0.717) is 40.7 Å². The van der Waals surface area contributed by atoms with Crippen LogP contribution in [0, 0.1) is 12.3 Å². The number of benzene rings is 1. The van der Waals surface area contributed by atoms with E-state index in [1.807, 2.05) is 71.9 Å². The first-order valence-corrected chi connectivity index (χ1v) is 10.9. The van der Waals surface area contributed by atoms with Gasteiger partial charge in [-0.1, -0.05) is 62.7 Å². The third kappa shape index (κ3) is 6.04. The molecule has 1 atom stereocenters. The van der Waals surface area contributed by atoms with E-state index < -0.39 is 17.3 Å². The Bertz CT molecular complexity index is 877. The van der Waals surface area contributed by atoms with E-state index in [2.05, 4.69) is 10.3 Å². The molecule has 2 rings (SSSR count). The fraction of sp³-hybridized carbons (Fsp3) is 0.500. The molecule has 0 aliphatic rings. The van der Waals surface area contributed by atoms with Crippen LogP contribution in [-0.4, -0.2) is 35.5 Å². The van der Waals surface area contributed by atoms with Gasteiger partial charge in [0.15, 0.2) is 6.29 Å². The molecule has 1 unspecified atom stereocenters. The molecule has 0 bridgehead atoms. The molecule has 2 aromatic rings. The Morgan fingerprint density at radius 1 is 1.16 bits per heavy atom. The first-order valence-electron chi connectivity index (χ1n) is 10.5. The molecule has 0 fully saturated rings. The third-order valence-electron chi connectivity index (χ3n) is 5.07. The zero-order valence-electron chi connectivity index (χ0n) is 19.2. The number of nitrogens with zero attached hydrogens (tertiary/aromatic N) is 1. The molecule has 170 valence electrons. The number of aliphatic hydroxyl groups is 1. The SMILES string of the molecule is CCOC(OCC)C(O)(Cc1c(NC(=O)C(C)(C)C)cnc(Cl)c1C)c1ccccc1. The van der Waals surface area contributed by atoms with Crippen molar-refractivity contribution < 1.29 is 19.4 Å². The van der Waals surface area contributed by atoms with Crippen molar-refractivity contribution in [1.29, 1.82) is 0 Å². The van der Waals surface area contributed by atoms with Crippen molar-refractivity contribution in [3.05, 3.63) is 58.4 Å². The molecular formula is C24H33ClN2O4. The Morgan fingerprint density at radius 3 is 2.26 bits per heavy atom. The first kappa shape index (κ1) is 25.3. The van der Waals surface area contributed by atoms with Gasteiger partial charge in [0, 0.05) is 25.0 Å². The lowest BCUT2D eigenvalue weighted by Crippen LogP contribution is -2.45. The Balaban J connectivity index is 2.61. The van der Waals surface area contributed by atoms with Gasteiger partial charge < -0.3 is 19.9 Å². The first-order chi connectivity index (χ1) is 14.5. The van der Waals surface area contributed by atoms with Crippen molar-refractivity contribution in [2.45, 2.75) is 59.9 Å². The molecule has 31 heavy (non-hydrogen) atoms. The molecule has 0 saturated carbocycles. The smallest absolute Gasteiger partial charge is 0.229 e. The van der Waals surface area contributed by atoms with Gasteiger partial charge in [-0.2, -0.15) is 0 Å². The van der Waals surface area contributed by atoms with Gasteiger partial charge >= 0.3 is 0 Å². The number of aromatic nitrogens is 1. The highest BCUT2D eigenvalue weighted by atomic mass is 35.5. The van der Waals surface area contributed by atoms with E-state index >= 15 is 0 Å². The molecule has 0 radical (unpaired) electrons. The van der Waals surface area contributed by atoms with Gasteiger partial charge in [0.1, 0.15) is 10.8 Å². The number of carbonyl (C=O) groups is 1. The van der Waals surface area contributed by atoms with Crippen LogP contribution in [0.5, 0.6) is 0 Å². The van der Waals surface area contributed by atoms with Gasteiger partial charge in [0.2, 0.25) is 5.91 Å². The lowest BCUT2D eigenvalue weighted by molar-refractivity contribution is -0.240. The molecule has 0 aliphatic carbocycles. The van der Waals surface area contributed by atoms with E-state index in [-0.39, 0.29) is 12.3 Å². The molecule has 0 saturated heterocycles. The lowest BCUT2D eigenvalue weighted by atomic mass is 9.84. The number of ether oxygens (including phenoxy) is 2. The van der Waals surface area contributed by atoms with Gasteiger partial charge in [-0.25, -0.2) is 4.98 Å². The van der Waals surface area contributed by atoms with E-state index in [0.717, 1.165) is 0 Å². The second-order valence-corrected chi connectivity index (χ2v) is 8.84. The number of pyridine rings is 1. The maximum absolute atomic E-state index is 12.7. The zero-order valence-corrected chi connectivity index (χ0v) is 19.9. The number of rotatable bonds is 9. The summed E-state index contributed by atoms with van der Waals surface area (Å²) in [6, 6.07) is 9.24. The second kappa shape index (κ2) is 10.6. The highest BCUT2D eigenvalue weighted by Crippen LogP contribution is 2.37. The number of anilines is 1. The van der Waals surface area contributed by atoms with E-state index in [9.17, 15) is 9.90 Å². The summed E-state index contributed by atoms with van der Waals surface area (Å²) in [6.45, 7) is 11.7. The van der Waals surface area contributed by atoms with Gasteiger partial charge in [-0.15, -0.1) is 0 Å². The summed E-state index contributed by atoms with van der Waals surface area (Å²) in [4.78, 5) is 16.9. The predicted octanol–water partition coefficient (Wildman–Crippen LogP) is 4.86. The van der Waals surface area contributed by atoms with Crippen molar-refractivity contribution in [1.82, 2.24) is 4.98 Å². The minimum atomic E-state index is -1.52. The highest BCUT2D eigenvalue weighted by Gasteiger charge is 2.41. The van der Waals surface area contributed by atoms with Crippen LogP contribution in [0.3, 0.4) is 0 Å². The summed E-state index contributed by atoms with van der Waals surface area (Å²) in [5, 5.41) is 15.2. The van der Waals surface area contributed by atoms with Crippen LogP contribution in [0.2, 0.25) is 5.15 Å². The minimum Gasteiger partial charge on any atom is -0.379 e. The van der Waals surface area contributed by atoms with Crippen molar-refractivity contribution in [2.24, 2.45) is 5.41 Å². The Labute approximate surface area is 189 Å². The van der Waals surface area contributed by atoms with Crippen LogP contribution in [0.15, 0.2) is 36.5 Å². The van der Waals surface area contributed by atoms with Gasteiger partial charge in [-0.3, -0.25) is 4.79 Å². The standard InChI is InChI=1S/C24H33ClN2O4/c1-7-30-22(31-8-2)24(29,17-12-10-9-11-13-17)14-18-16(3)20(25)26-15-19(18)27-21(28)23(4,5)6/h9-13,15,22,29H,7-8,14H2,1-6H3,(H,27,28). The summed E-state index contributed by atoms with van der Waals surface area (Å²) in [5.74, 6) is -0.160. The van der Waals surface area contributed by atoms with Crippen molar-refractivity contribution in [2.75, 3.05) is 18.5 Å². The van der Waals surface area contributed by atoms with Crippen molar-refractivity contribution in [3.63, 3.8) is 0 Å². The average molecular weight is 449 g/mol. The maximum atomic E-state index is 12.7. The van der Waals surface area contributed by atoms with Crippen LogP contribution in [0.25, 0.3) is 0 Å². The molecule has 0 aliphatic heterocycles. The second-order valence-electron chi connectivity index (χ2n) is 8.48. The summed E-state index contributed by atoms with van der Waals surface area (Å²) in [6.07, 6.45) is 0.716. The number of hydrogen-bond donors (Lipinski definition) is 2. The lowest BCUT2D eigenvalue weighted by Gasteiger charge is -2.37. The van der Waals surface area contributed by atoms with Crippen molar-refractivity contribution in [3.8, 4) is 0 Å². The summed E-state index contributed by atoms with van der Waals surface area (Å²) >= 11 is 6.32. The zero-order chi connectivity index (χ0) is 23.2. The fourth-order valence-electron chi connectivity index (χ4n) is 3.21.